The van der Waals surface area contributed by atoms with Crippen LogP contribution in [0.4, 0.5) is 0 Å². The summed E-state index contributed by atoms with van der Waals surface area (Å²) in [5.41, 5.74) is 2.03. The Bertz CT molecular complexity index is 929. The first-order chi connectivity index (χ1) is 13.9. The van der Waals surface area contributed by atoms with E-state index in [9.17, 15) is 13.2 Å². The SMILES string of the molecule is C#CCN(CC(=O)N(C)C(c1ccccc1)c1ccccc1)C1CCS(=O)(=O)C1. The van der Waals surface area contributed by atoms with Crippen LogP contribution in [0, 0.1) is 12.3 Å². The maximum absolute atomic E-state index is 13.2. The fourth-order valence-corrected chi connectivity index (χ4v) is 5.60. The van der Waals surface area contributed by atoms with Crippen molar-refractivity contribution in [2.45, 2.75) is 18.5 Å². The van der Waals surface area contributed by atoms with Gasteiger partial charge in [0.25, 0.3) is 0 Å². The van der Waals surface area contributed by atoms with Crippen molar-refractivity contribution in [1.82, 2.24) is 9.80 Å². The van der Waals surface area contributed by atoms with Crippen LogP contribution in [-0.4, -0.2) is 61.8 Å². The van der Waals surface area contributed by atoms with Crippen molar-refractivity contribution in [3.05, 3.63) is 71.8 Å². The van der Waals surface area contributed by atoms with Crippen LogP contribution in [0.15, 0.2) is 60.7 Å². The van der Waals surface area contributed by atoms with Gasteiger partial charge in [0, 0.05) is 13.1 Å². The van der Waals surface area contributed by atoms with Crippen LogP contribution in [0.2, 0.25) is 0 Å². The monoisotopic (exact) mass is 410 g/mol. The number of hydrogen-bond donors (Lipinski definition) is 0. The molecular weight excluding hydrogens is 384 g/mol. The number of carbonyl (C=O) groups is 1. The number of rotatable bonds is 7. The molecule has 1 fully saturated rings. The van der Waals surface area contributed by atoms with Crippen LogP contribution in [0.25, 0.3) is 0 Å². The Morgan fingerprint density at radius 1 is 1.10 bits per heavy atom. The molecule has 5 nitrogen and oxygen atoms in total. The zero-order valence-electron chi connectivity index (χ0n) is 16.6. The van der Waals surface area contributed by atoms with Crippen LogP contribution in [-0.2, 0) is 14.6 Å². The van der Waals surface area contributed by atoms with Crippen molar-refractivity contribution in [2.75, 3.05) is 31.6 Å². The van der Waals surface area contributed by atoms with E-state index in [4.69, 9.17) is 6.42 Å². The quantitative estimate of drug-likeness (QED) is 0.658. The highest BCUT2D eigenvalue weighted by Crippen LogP contribution is 2.28. The molecule has 1 atom stereocenters. The van der Waals surface area contributed by atoms with E-state index in [1.54, 1.807) is 11.9 Å². The third-order valence-electron chi connectivity index (χ3n) is 5.37. The van der Waals surface area contributed by atoms with Crippen molar-refractivity contribution >= 4 is 15.7 Å². The molecule has 2 aromatic rings. The molecule has 1 heterocycles. The third-order valence-corrected chi connectivity index (χ3v) is 7.12. The molecule has 1 amide bonds. The molecule has 3 rings (SSSR count). The maximum atomic E-state index is 13.2. The summed E-state index contributed by atoms with van der Waals surface area (Å²) in [6.45, 7) is 0.345. The van der Waals surface area contributed by atoms with E-state index in [0.29, 0.717) is 6.42 Å². The Morgan fingerprint density at radius 2 is 1.66 bits per heavy atom. The highest BCUT2D eigenvalue weighted by atomic mass is 32.2. The Morgan fingerprint density at radius 3 is 2.10 bits per heavy atom. The van der Waals surface area contributed by atoms with Gasteiger partial charge in [-0.05, 0) is 17.5 Å². The minimum absolute atomic E-state index is 0.0620. The summed E-state index contributed by atoms with van der Waals surface area (Å²) in [5, 5.41) is 0. The molecule has 0 aliphatic carbocycles. The number of sulfone groups is 1. The van der Waals surface area contributed by atoms with Crippen LogP contribution in [0.3, 0.4) is 0 Å². The van der Waals surface area contributed by atoms with Gasteiger partial charge in [0.05, 0.1) is 30.6 Å². The number of terminal acetylenes is 1. The van der Waals surface area contributed by atoms with Gasteiger partial charge in [-0.3, -0.25) is 9.69 Å². The molecule has 0 spiro atoms. The fourth-order valence-electron chi connectivity index (χ4n) is 3.83. The van der Waals surface area contributed by atoms with Crippen LogP contribution < -0.4 is 0 Å². The molecule has 6 heteroatoms. The Hall–Kier alpha value is -2.62. The van der Waals surface area contributed by atoms with E-state index in [1.165, 1.54) is 0 Å². The fraction of sp³-hybridized carbons (Fsp3) is 0.348. The molecule has 0 aromatic heterocycles. The second kappa shape index (κ2) is 9.25. The largest absolute Gasteiger partial charge is 0.334 e. The van der Waals surface area contributed by atoms with E-state index in [-0.39, 0.29) is 42.6 Å². The lowest BCUT2D eigenvalue weighted by Crippen LogP contribution is -2.45. The van der Waals surface area contributed by atoms with Crippen molar-refractivity contribution < 1.29 is 13.2 Å². The zero-order chi connectivity index (χ0) is 20.9. The minimum atomic E-state index is -3.05. The summed E-state index contributed by atoms with van der Waals surface area (Å²) in [6.07, 6.45) is 6.01. The van der Waals surface area contributed by atoms with Gasteiger partial charge in [0.2, 0.25) is 5.91 Å². The van der Waals surface area contributed by atoms with Crippen LogP contribution in [0.1, 0.15) is 23.6 Å². The van der Waals surface area contributed by atoms with Gasteiger partial charge in [0.1, 0.15) is 0 Å². The smallest absolute Gasteiger partial charge is 0.237 e. The lowest BCUT2D eigenvalue weighted by Gasteiger charge is -2.32. The number of carbonyl (C=O) groups excluding carboxylic acids is 1. The van der Waals surface area contributed by atoms with Gasteiger partial charge in [-0.1, -0.05) is 66.6 Å². The molecule has 152 valence electrons. The predicted octanol–water partition coefficient (Wildman–Crippen LogP) is 2.36. The highest BCUT2D eigenvalue weighted by molar-refractivity contribution is 7.91. The van der Waals surface area contributed by atoms with Crippen LogP contribution in [0.5, 0.6) is 0 Å². The zero-order valence-corrected chi connectivity index (χ0v) is 17.4. The number of nitrogens with zero attached hydrogens (tertiary/aromatic N) is 2. The average Bonchev–Trinajstić information content (AvgIpc) is 3.09. The number of hydrogen-bond acceptors (Lipinski definition) is 4. The van der Waals surface area contributed by atoms with Gasteiger partial charge in [-0.2, -0.15) is 0 Å². The number of likely N-dealkylation sites (N-methyl/N-ethyl adjacent to an activating group) is 1. The molecule has 0 bridgehead atoms. The van der Waals surface area contributed by atoms with Crippen molar-refractivity contribution in [1.29, 1.82) is 0 Å². The summed E-state index contributed by atoms with van der Waals surface area (Å²) >= 11 is 0. The minimum Gasteiger partial charge on any atom is -0.334 e. The lowest BCUT2D eigenvalue weighted by molar-refractivity contribution is -0.133. The highest BCUT2D eigenvalue weighted by Gasteiger charge is 2.34. The maximum Gasteiger partial charge on any atom is 0.237 e. The summed E-state index contributed by atoms with van der Waals surface area (Å²) < 4.78 is 23.7. The molecule has 1 unspecified atom stereocenters. The van der Waals surface area contributed by atoms with Gasteiger partial charge < -0.3 is 4.90 Å². The normalized spacial score (nSPS) is 17.9. The van der Waals surface area contributed by atoms with Gasteiger partial charge in [-0.25, -0.2) is 8.42 Å². The molecule has 1 aliphatic heterocycles. The summed E-state index contributed by atoms with van der Waals surface area (Å²) in [4.78, 5) is 16.7. The number of amides is 1. The standard InChI is InChI=1S/C23H26N2O3S/c1-3-15-25(21-14-16-29(27,28)18-21)17-22(26)24(2)23(19-10-6-4-7-11-19)20-12-8-5-9-13-20/h1,4-13,21,23H,14-18H2,2H3. The Balaban J connectivity index is 1.82. The second-order valence-electron chi connectivity index (χ2n) is 7.39. The van der Waals surface area contributed by atoms with Crippen molar-refractivity contribution in [3.63, 3.8) is 0 Å². The molecule has 1 saturated heterocycles. The van der Waals surface area contributed by atoms with E-state index < -0.39 is 9.84 Å². The van der Waals surface area contributed by atoms with E-state index >= 15 is 0 Å². The Kier molecular flexibility index (Phi) is 6.73. The molecule has 2 aromatic carbocycles. The molecule has 0 radical (unpaired) electrons. The first-order valence-corrected chi connectivity index (χ1v) is 11.5. The van der Waals surface area contributed by atoms with Crippen molar-refractivity contribution in [3.8, 4) is 12.3 Å². The first-order valence-electron chi connectivity index (χ1n) is 9.65. The number of benzene rings is 2. The second-order valence-corrected chi connectivity index (χ2v) is 9.62. The van der Waals surface area contributed by atoms with Gasteiger partial charge in [-0.15, -0.1) is 6.42 Å². The summed E-state index contributed by atoms with van der Waals surface area (Å²) in [7, 11) is -1.27. The van der Waals surface area contributed by atoms with Crippen LogP contribution >= 0.6 is 0 Å². The van der Waals surface area contributed by atoms with E-state index in [0.717, 1.165) is 11.1 Å². The van der Waals surface area contributed by atoms with E-state index in [2.05, 4.69) is 5.92 Å². The molecular formula is C23H26N2O3S. The van der Waals surface area contributed by atoms with E-state index in [1.807, 2.05) is 65.6 Å². The summed E-state index contributed by atoms with van der Waals surface area (Å²) in [6, 6.07) is 19.3. The topological polar surface area (TPSA) is 57.7 Å². The van der Waals surface area contributed by atoms with Gasteiger partial charge >= 0.3 is 0 Å². The Labute approximate surface area is 173 Å². The molecule has 29 heavy (non-hydrogen) atoms. The first kappa shape index (κ1) is 21.1. The third kappa shape index (κ3) is 5.26. The molecule has 0 saturated carbocycles. The molecule has 0 N–H and O–H groups in total. The summed E-state index contributed by atoms with van der Waals surface area (Å²) in [5.74, 6) is 2.69. The average molecular weight is 411 g/mol. The van der Waals surface area contributed by atoms with Crippen molar-refractivity contribution in [2.24, 2.45) is 0 Å². The van der Waals surface area contributed by atoms with Gasteiger partial charge in [0.15, 0.2) is 9.84 Å². The molecule has 1 aliphatic rings. The lowest BCUT2D eigenvalue weighted by atomic mass is 9.97. The predicted molar refractivity (Wildman–Crippen MR) is 115 cm³/mol.